The van der Waals surface area contributed by atoms with Crippen LogP contribution in [0.25, 0.3) is 0 Å². The van der Waals surface area contributed by atoms with E-state index in [2.05, 4.69) is 121 Å². The first kappa shape index (κ1) is 18.9. The Labute approximate surface area is 195 Å². The number of fused-ring (bicyclic) bond motifs is 5. The highest BCUT2D eigenvalue weighted by Crippen LogP contribution is 2.62. The van der Waals surface area contributed by atoms with Gasteiger partial charge in [0.1, 0.15) is 11.5 Å². The van der Waals surface area contributed by atoms with Crippen LogP contribution in [-0.4, -0.2) is 0 Å². The van der Waals surface area contributed by atoms with E-state index in [0.717, 1.165) is 11.5 Å². The number of hydrogen-bond donors (Lipinski definition) is 0. The average Bonchev–Trinajstić information content (AvgIpc) is 3.21. The van der Waals surface area contributed by atoms with Gasteiger partial charge in [0.05, 0.1) is 0 Å². The Morgan fingerprint density at radius 2 is 1.30 bits per heavy atom. The van der Waals surface area contributed by atoms with Crippen LogP contribution in [-0.2, 0) is 0 Å². The molecule has 4 aliphatic rings. The smallest absolute Gasteiger partial charge is 0.130 e. The predicted molar refractivity (Wildman–Crippen MR) is 133 cm³/mol. The third-order valence-electron chi connectivity index (χ3n) is 8.03. The Morgan fingerprint density at radius 1 is 0.636 bits per heavy atom. The third-order valence-corrected chi connectivity index (χ3v) is 8.03. The molecule has 7 rings (SSSR count). The van der Waals surface area contributed by atoms with Gasteiger partial charge >= 0.3 is 0 Å². The van der Waals surface area contributed by atoms with Crippen molar-refractivity contribution in [3.05, 3.63) is 149 Å². The molecule has 5 unspecified atom stereocenters. The Bertz CT molecular complexity index is 1270. The first-order valence-electron chi connectivity index (χ1n) is 12.0. The van der Waals surface area contributed by atoms with Crippen LogP contribution in [0, 0.1) is 23.7 Å². The van der Waals surface area contributed by atoms with Gasteiger partial charge in [-0.05, 0) is 52.2 Å². The summed E-state index contributed by atoms with van der Waals surface area (Å²) in [6, 6.07) is 30.5. The van der Waals surface area contributed by atoms with Gasteiger partial charge in [-0.15, -0.1) is 0 Å². The maximum Gasteiger partial charge on any atom is 0.130 e. The van der Waals surface area contributed by atoms with Crippen LogP contribution in [0.15, 0.2) is 133 Å². The Balaban J connectivity index is 1.34. The minimum Gasteiger partial charge on any atom is -0.461 e. The summed E-state index contributed by atoms with van der Waals surface area (Å²) in [5.74, 6) is 4.77. The van der Waals surface area contributed by atoms with Gasteiger partial charge in [0, 0.05) is 17.8 Å². The number of rotatable bonds is 3. The molecule has 1 saturated carbocycles. The average molecular weight is 427 g/mol. The van der Waals surface area contributed by atoms with E-state index in [1.165, 1.54) is 22.3 Å². The van der Waals surface area contributed by atoms with Crippen molar-refractivity contribution in [2.75, 3.05) is 0 Å². The van der Waals surface area contributed by atoms with Crippen LogP contribution in [0.3, 0.4) is 0 Å². The predicted octanol–water partition coefficient (Wildman–Crippen LogP) is 7.42. The number of allylic oxidation sites excluding steroid dienone is 8. The van der Waals surface area contributed by atoms with Crippen molar-refractivity contribution >= 4 is 0 Å². The summed E-state index contributed by atoms with van der Waals surface area (Å²) in [4.78, 5) is 0. The highest BCUT2D eigenvalue weighted by molar-refractivity contribution is 5.52. The van der Waals surface area contributed by atoms with E-state index in [1.54, 1.807) is 0 Å². The summed E-state index contributed by atoms with van der Waals surface area (Å²) < 4.78 is 6.40. The molecule has 3 aromatic carbocycles. The molecule has 1 nitrogen and oxygen atoms in total. The van der Waals surface area contributed by atoms with E-state index in [4.69, 9.17) is 4.74 Å². The Kier molecular flexibility index (Phi) is 4.30. The Morgan fingerprint density at radius 3 is 2.06 bits per heavy atom. The van der Waals surface area contributed by atoms with Crippen molar-refractivity contribution in [2.45, 2.75) is 11.8 Å². The lowest BCUT2D eigenvalue weighted by Crippen LogP contribution is -2.26. The molecule has 5 atom stereocenters. The number of benzene rings is 3. The van der Waals surface area contributed by atoms with E-state index >= 15 is 0 Å². The van der Waals surface area contributed by atoms with Crippen molar-refractivity contribution in [1.29, 1.82) is 0 Å². The zero-order chi connectivity index (χ0) is 21.8. The van der Waals surface area contributed by atoms with E-state index in [1.807, 2.05) is 0 Å². The van der Waals surface area contributed by atoms with Crippen molar-refractivity contribution in [2.24, 2.45) is 23.7 Å². The van der Waals surface area contributed by atoms with E-state index in [-0.39, 0.29) is 5.92 Å². The monoisotopic (exact) mass is 426 g/mol. The maximum atomic E-state index is 6.40. The molecule has 0 spiro atoms. The standard InChI is InChI=1S/C32H26O/c1-3-10-21(11-4-1)30(22-12-5-2-6-13-22)23-18-19-25-27(20-23)24-15-9-17-29-32(24)31(25)26-14-7-8-16-28(26)33-29/h1-20,24-25,27,30-32H. The van der Waals surface area contributed by atoms with Gasteiger partial charge in [-0.25, -0.2) is 0 Å². The lowest BCUT2D eigenvalue weighted by atomic mass is 9.75. The second-order valence-electron chi connectivity index (χ2n) is 9.66. The number of ether oxygens (including phenoxy) is 1. The Hall–Kier alpha value is -3.58. The van der Waals surface area contributed by atoms with Crippen molar-refractivity contribution in [3.8, 4) is 5.75 Å². The van der Waals surface area contributed by atoms with Crippen LogP contribution in [0.4, 0.5) is 0 Å². The minimum atomic E-state index is 0.248. The van der Waals surface area contributed by atoms with Crippen LogP contribution in [0.2, 0.25) is 0 Å². The molecule has 0 bridgehead atoms. The van der Waals surface area contributed by atoms with Crippen LogP contribution < -0.4 is 4.74 Å². The molecule has 1 fully saturated rings. The van der Waals surface area contributed by atoms with Gasteiger partial charge < -0.3 is 4.74 Å². The van der Waals surface area contributed by atoms with Gasteiger partial charge in [-0.1, -0.05) is 109 Å². The lowest BCUT2D eigenvalue weighted by Gasteiger charge is -2.35. The van der Waals surface area contributed by atoms with Crippen molar-refractivity contribution in [3.63, 3.8) is 0 Å². The van der Waals surface area contributed by atoms with E-state index < -0.39 is 0 Å². The molecule has 0 radical (unpaired) electrons. The van der Waals surface area contributed by atoms with Gasteiger partial charge in [-0.2, -0.15) is 0 Å². The van der Waals surface area contributed by atoms with Crippen molar-refractivity contribution < 1.29 is 4.74 Å². The fourth-order valence-corrected chi connectivity index (χ4v) is 6.73. The van der Waals surface area contributed by atoms with Crippen LogP contribution >= 0.6 is 0 Å². The van der Waals surface area contributed by atoms with Gasteiger partial charge in [0.25, 0.3) is 0 Å². The van der Waals surface area contributed by atoms with Crippen LogP contribution in [0.5, 0.6) is 5.75 Å². The topological polar surface area (TPSA) is 9.23 Å². The second-order valence-corrected chi connectivity index (χ2v) is 9.66. The van der Waals surface area contributed by atoms with Gasteiger partial charge in [0.2, 0.25) is 0 Å². The molecular formula is C32H26O. The summed E-state index contributed by atoms with van der Waals surface area (Å²) in [6.07, 6.45) is 14.3. The van der Waals surface area contributed by atoms with Crippen LogP contribution in [0.1, 0.15) is 28.5 Å². The summed E-state index contributed by atoms with van der Waals surface area (Å²) in [6.45, 7) is 0. The lowest BCUT2D eigenvalue weighted by molar-refractivity contribution is 0.265. The SMILES string of the molecule is C1=CC2C3C=C(C(c4ccccc4)c4ccccc4)C=CC3C3c4ccccc4OC(=C1)C23. The third kappa shape index (κ3) is 2.92. The fraction of sp³-hybridized carbons (Fsp3) is 0.188. The number of hydrogen-bond acceptors (Lipinski definition) is 1. The molecule has 160 valence electrons. The molecule has 33 heavy (non-hydrogen) atoms. The first-order valence-corrected chi connectivity index (χ1v) is 12.0. The van der Waals surface area contributed by atoms with Gasteiger partial charge in [-0.3, -0.25) is 0 Å². The molecular weight excluding hydrogens is 400 g/mol. The molecule has 0 aromatic heterocycles. The van der Waals surface area contributed by atoms with E-state index in [9.17, 15) is 0 Å². The molecule has 3 aliphatic carbocycles. The molecule has 0 saturated heterocycles. The second kappa shape index (κ2) is 7.49. The molecule has 1 heteroatoms. The molecule has 1 aliphatic heterocycles. The molecule has 0 N–H and O–H groups in total. The maximum absolute atomic E-state index is 6.40. The summed E-state index contributed by atoms with van der Waals surface area (Å²) >= 11 is 0. The van der Waals surface area contributed by atoms with Crippen molar-refractivity contribution in [1.82, 2.24) is 0 Å². The highest BCUT2D eigenvalue weighted by atomic mass is 16.5. The quantitative estimate of drug-likeness (QED) is 0.423. The van der Waals surface area contributed by atoms with Gasteiger partial charge in [0.15, 0.2) is 0 Å². The molecule has 0 amide bonds. The number of para-hydroxylation sites is 1. The molecule has 1 heterocycles. The fourth-order valence-electron chi connectivity index (χ4n) is 6.73. The van der Waals surface area contributed by atoms with E-state index in [0.29, 0.717) is 29.6 Å². The largest absolute Gasteiger partial charge is 0.461 e. The molecule has 3 aromatic rings. The summed E-state index contributed by atoms with van der Waals surface area (Å²) in [5.41, 5.74) is 5.48. The first-order chi connectivity index (χ1) is 16.4. The highest BCUT2D eigenvalue weighted by Gasteiger charge is 2.54. The normalized spacial score (nSPS) is 28.3. The summed E-state index contributed by atoms with van der Waals surface area (Å²) in [5, 5.41) is 0. The minimum absolute atomic E-state index is 0.248. The summed E-state index contributed by atoms with van der Waals surface area (Å²) in [7, 11) is 0. The zero-order valence-electron chi connectivity index (χ0n) is 18.4. The zero-order valence-corrected chi connectivity index (χ0v) is 18.4.